The zero-order valence-corrected chi connectivity index (χ0v) is 25.3. The Bertz CT molecular complexity index is 314. The molecule has 0 saturated heterocycles. The average molecular weight is 512 g/mol. The van der Waals surface area contributed by atoms with Crippen molar-refractivity contribution in [1.29, 1.82) is 0 Å². The van der Waals surface area contributed by atoms with E-state index in [4.69, 9.17) is 5.73 Å². The topological polar surface area (TPSA) is 26.0 Å². The number of nitrogens with two attached hydrogens (primary N) is 1. The van der Waals surface area contributed by atoms with Crippen LogP contribution >= 0.6 is 12.6 Å². The Hall–Kier alpha value is 0.310. The Morgan fingerprint density at radius 3 is 0.514 bits per heavy atom. The van der Waals surface area contributed by atoms with Crippen LogP contribution < -0.4 is 5.73 Å². The lowest BCUT2D eigenvalue weighted by molar-refractivity contribution is 0.512. The molecule has 2 N–H and O–H groups in total. The van der Waals surface area contributed by atoms with E-state index in [0.29, 0.717) is 0 Å². The van der Waals surface area contributed by atoms with Gasteiger partial charge < -0.3 is 5.73 Å². The quantitative estimate of drug-likeness (QED) is 0.0681. The summed E-state index contributed by atoms with van der Waals surface area (Å²) in [7, 11) is 0. The van der Waals surface area contributed by atoms with Crippen molar-refractivity contribution in [3.63, 3.8) is 0 Å². The fourth-order valence-corrected chi connectivity index (χ4v) is 5.61. The third kappa shape index (κ3) is 34.3. The van der Waals surface area contributed by atoms with E-state index < -0.39 is 0 Å². The summed E-state index contributed by atoms with van der Waals surface area (Å²) in [6.07, 6.45) is 45.0. The van der Waals surface area contributed by atoms with Crippen LogP contribution in [0, 0.1) is 0 Å². The smallest absolute Gasteiger partial charge is 0.00773 e. The molecule has 0 aliphatic carbocycles. The largest absolute Gasteiger partial charge is 0.330 e. The van der Waals surface area contributed by atoms with Gasteiger partial charge in [-0.15, -0.1) is 0 Å². The molecule has 0 atom stereocenters. The van der Waals surface area contributed by atoms with Crippen LogP contribution in [0.4, 0.5) is 0 Å². The molecule has 0 bridgehead atoms. The Balaban J connectivity index is 3.00. The van der Waals surface area contributed by atoms with Crippen molar-refractivity contribution >= 4 is 12.6 Å². The standard InChI is InChI=1S/C33H69NS/c34-32-30-28-26-24-22-20-18-16-14-12-10-8-6-4-2-1-3-5-7-9-11-13-15-17-19-21-23-25-27-29-31-33-35/h35H,1-34H2. The van der Waals surface area contributed by atoms with E-state index in [1.165, 1.54) is 199 Å². The third-order valence-corrected chi connectivity index (χ3v) is 8.18. The van der Waals surface area contributed by atoms with Crippen LogP contribution in [0.3, 0.4) is 0 Å². The van der Waals surface area contributed by atoms with Crippen LogP contribution in [0.15, 0.2) is 0 Å². The van der Waals surface area contributed by atoms with Gasteiger partial charge in [-0.05, 0) is 25.1 Å². The van der Waals surface area contributed by atoms with E-state index in [1.807, 2.05) is 0 Å². The normalized spacial score (nSPS) is 11.5. The van der Waals surface area contributed by atoms with Crippen LogP contribution in [0.1, 0.15) is 199 Å². The lowest BCUT2D eigenvalue weighted by atomic mass is 10.0. The van der Waals surface area contributed by atoms with E-state index >= 15 is 0 Å². The summed E-state index contributed by atoms with van der Waals surface area (Å²) < 4.78 is 0. The van der Waals surface area contributed by atoms with Gasteiger partial charge in [0.05, 0.1) is 0 Å². The fourth-order valence-electron chi connectivity index (χ4n) is 5.38. The van der Waals surface area contributed by atoms with Gasteiger partial charge >= 0.3 is 0 Å². The van der Waals surface area contributed by atoms with Crippen molar-refractivity contribution in [2.45, 2.75) is 199 Å². The molecule has 1 nitrogen and oxygen atoms in total. The molecule has 0 aliphatic rings. The summed E-state index contributed by atoms with van der Waals surface area (Å²) in [6.45, 7) is 0.874. The molecule has 0 spiro atoms. The molecule has 0 saturated carbocycles. The van der Waals surface area contributed by atoms with Gasteiger partial charge in [-0.25, -0.2) is 0 Å². The molecule has 0 unspecified atom stereocenters. The third-order valence-electron chi connectivity index (χ3n) is 7.86. The number of hydrogen-bond donors (Lipinski definition) is 2. The summed E-state index contributed by atoms with van der Waals surface area (Å²) in [5.74, 6) is 1.07. The molecule has 0 aromatic carbocycles. The maximum absolute atomic E-state index is 5.54. The Morgan fingerprint density at radius 1 is 0.229 bits per heavy atom. The minimum Gasteiger partial charge on any atom is -0.330 e. The highest BCUT2D eigenvalue weighted by Gasteiger charge is 1.97. The summed E-state index contributed by atoms with van der Waals surface area (Å²) in [6, 6.07) is 0. The molecule has 212 valence electrons. The van der Waals surface area contributed by atoms with Crippen molar-refractivity contribution in [3.05, 3.63) is 0 Å². The van der Waals surface area contributed by atoms with Crippen molar-refractivity contribution < 1.29 is 0 Å². The average Bonchev–Trinajstić information content (AvgIpc) is 2.87. The van der Waals surface area contributed by atoms with Gasteiger partial charge in [-0.1, -0.05) is 186 Å². The number of hydrogen-bond acceptors (Lipinski definition) is 2. The van der Waals surface area contributed by atoms with Crippen molar-refractivity contribution in [1.82, 2.24) is 0 Å². The van der Waals surface area contributed by atoms with E-state index in [2.05, 4.69) is 12.6 Å². The molecule has 0 rings (SSSR count). The second-order valence-corrected chi connectivity index (χ2v) is 11.9. The van der Waals surface area contributed by atoms with E-state index in [1.54, 1.807) is 0 Å². The number of unbranched alkanes of at least 4 members (excludes halogenated alkanes) is 30. The van der Waals surface area contributed by atoms with Crippen LogP contribution in [0.5, 0.6) is 0 Å². The minimum atomic E-state index is 0.874. The number of thiol groups is 1. The molecule has 0 heterocycles. The van der Waals surface area contributed by atoms with Gasteiger partial charge in [-0.2, -0.15) is 12.6 Å². The monoisotopic (exact) mass is 512 g/mol. The molecule has 0 aromatic heterocycles. The molecule has 0 radical (unpaired) electrons. The zero-order valence-electron chi connectivity index (χ0n) is 24.4. The second-order valence-electron chi connectivity index (χ2n) is 11.5. The molecule has 2 heteroatoms. The van der Waals surface area contributed by atoms with Crippen molar-refractivity contribution in [2.75, 3.05) is 12.3 Å². The van der Waals surface area contributed by atoms with Crippen LogP contribution in [0.25, 0.3) is 0 Å². The highest BCUT2D eigenvalue weighted by molar-refractivity contribution is 7.80. The first-order valence-corrected chi connectivity index (χ1v) is 17.4. The van der Waals surface area contributed by atoms with Crippen LogP contribution in [0.2, 0.25) is 0 Å². The first kappa shape index (κ1) is 35.3. The Labute approximate surface area is 229 Å². The zero-order chi connectivity index (χ0) is 25.3. The fraction of sp³-hybridized carbons (Fsp3) is 1.00. The highest BCUT2D eigenvalue weighted by Crippen LogP contribution is 2.16. The molecule has 0 amide bonds. The second kappa shape index (κ2) is 34.3. The SMILES string of the molecule is NCCCCCCCCCCCCCCCCCCCCCCCCCCCCCCCCCS. The first-order valence-electron chi connectivity index (χ1n) is 16.7. The lowest BCUT2D eigenvalue weighted by Gasteiger charge is -2.04. The maximum Gasteiger partial charge on any atom is -0.00773 e. The molecule has 35 heavy (non-hydrogen) atoms. The van der Waals surface area contributed by atoms with E-state index in [0.717, 1.165) is 12.3 Å². The predicted molar refractivity (Wildman–Crippen MR) is 166 cm³/mol. The molecular formula is C33H69NS. The van der Waals surface area contributed by atoms with Crippen LogP contribution in [-0.2, 0) is 0 Å². The Morgan fingerprint density at radius 2 is 0.371 bits per heavy atom. The van der Waals surface area contributed by atoms with Gasteiger partial charge in [0.15, 0.2) is 0 Å². The van der Waals surface area contributed by atoms with Gasteiger partial charge in [0.25, 0.3) is 0 Å². The van der Waals surface area contributed by atoms with Gasteiger partial charge in [-0.3, -0.25) is 0 Å². The van der Waals surface area contributed by atoms with E-state index in [-0.39, 0.29) is 0 Å². The molecular weight excluding hydrogens is 442 g/mol. The first-order chi connectivity index (χ1) is 17.4. The molecule has 0 aliphatic heterocycles. The number of rotatable bonds is 32. The summed E-state index contributed by atoms with van der Waals surface area (Å²) in [5, 5.41) is 0. The Kier molecular flexibility index (Phi) is 34.6. The molecule has 0 fully saturated rings. The van der Waals surface area contributed by atoms with Crippen molar-refractivity contribution in [3.8, 4) is 0 Å². The molecule has 0 aromatic rings. The summed E-state index contributed by atoms with van der Waals surface area (Å²) in [5.41, 5.74) is 5.54. The summed E-state index contributed by atoms with van der Waals surface area (Å²) in [4.78, 5) is 0. The van der Waals surface area contributed by atoms with Crippen molar-refractivity contribution in [2.24, 2.45) is 5.73 Å². The predicted octanol–water partition coefficient (Wildman–Crippen LogP) is 12.0. The van der Waals surface area contributed by atoms with Gasteiger partial charge in [0, 0.05) is 0 Å². The minimum absolute atomic E-state index is 0.874. The maximum atomic E-state index is 5.54. The lowest BCUT2D eigenvalue weighted by Crippen LogP contribution is -1.97. The highest BCUT2D eigenvalue weighted by atomic mass is 32.1. The van der Waals surface area contributed by atoms with Gasteiger partial charge in [0.2, 0.25) is 0 Å². The summed E-state index contributed by atoms with van der Waals surface area (Å²) >= 11 is 4.28. The van der Waals surface area contributed by atoms with Gasteiger partial charge in [0.1, 0.15) is 0 Å². The van der Waals surface area contributed by atoms with E-state index in [9.17, 15) is 0 Å². The van der Waals surface area contributed by atoms with Crippen LogP contribution in [-0.4, -0.2) is 12.3 Å².